The highest BCUT2D eigenvalue weighted by atomic mass is 15.2. The van der Waals surface area contributed by atoms with Gasteiger partial charge in [0, 0.05) is 43.3 Å². The third-order valence-electron chi connectivity index (χ3n) is 4.59. The Hall–Kier alpha value is -1.32. The molecule has 1 aliphatic rings. The van der Waals surface area contributed by atoms with E-state index < -0.39 is 0 Å². The molecular formula is C17H25N3. The predicted molar refractivity (Wildman–Crippen MR) is 85.2 cm³/mol. The van der Waals surface area contributed by atoms with Crippen molar-refractivity contribution in [2.24, 2.45) is 7.05 Å². The molecule has 0 atom stereocenters. The van der Waals surface area contributed by atoms with E-state index in [2.05, 4.69) is 53.9 Å². The lowest BCUT2D eigenvalue weighted by Crippen LogP contribution is -2.27. The molecule has 2 heterocycles. The highest BCUT2D eigenvalue weighted by Crippen LogP contribution is 2.27. The van der Waals surface area contributed by atoms with Crippen molar-refractivity contribution in [2.45, 2.75) is 26.8 Å². The van der Waals surface area contributed by atoms with Gasteiger partial charge in [0.2, 0.25) is 0 Å². The molecule has 0 unspecified atom stereocenters. The minimum Gasteiger partial charge on any atom is -0.348 e. The van der Waals surface area contributed by atoms with Crippen LogP contribution in [0.3, 0.4) is 0 Å². The first-order chi connectivity index (χ1) is 9.66. The van der Waals surface area contributed by atoms with Crippen LogP contribution in [-0.2, 0) is 13.6 Å². The zero-order valence-electron chi connectivity index (χ0n) is 12.9. The molecule has 0 amide bonds. The summed E-state index contributed by atoms with van der Waals surface area (Å²) < 4.78 is 2.33. The molecule has 0 bridgehead atoms. The monoisotopic (exact) mass is 271 g/mol. The zero-order chi connectivity index (χ0) is 14.1. The fourth-order valence-corrected chi connectivity index (χ4v) is 3.25. The summed E-state index contributed by atoms with van der Waals surface area (Å²) in [4.78, 5) is 2.59. The standard InChI is InChI=1S/C17H25N3/c1-13-5-6-17-15(11-13)16(14(2)19(17)3)12-20-9-4-7-18-8-10-20/h5-6,11,18H,4,7-10,12H2,1-3H3. The van der Waals surface area contributed by atoms with E-state index in [1.54, 1.807) is 0 Å². The van der Waals surface area contributed by atoms with Gasteiger partial charge in [-0.1, -0.05) is 11.6 Å². The van der Waals surface area contributed by atoms with Gasteiger partial charge < -0.3 is 9.88 Å². The maximum absolute atomic E-state index is 3.48. The van der Waals surface area contributed by atoms with E-state index in [0.717, 1.165) is 26.2 Å². The first kappa shape index (κ1) is 13.7. The highest BCUT2D eigenvalue weighted by Gasteiger charge is 2.16. The van der Waals surface area contributed by atoms with Crippen LogP contribution in [-0.4, -0.2) is 35.6 Å². The summed E-state index contributed by atoms with van der Waals surface area (Å²) >= 11 is 0. The van der Waals surface area contributed by atoms with Crippen LogP contribution in [0.2, 0.25) is 0 Å². The average Bonchev–Trinajstić information content (AvgIpc) is 2.66. The molecule has 1 N–H and O–H groups in total. The van der Waals surface area contributed by atoms with Crippen molar-refractivity contribution in [1.29, 1.82) is 0 Å². The molecule has 1 aromatic carbocycles. The van der Waals surface area contributed by atoms with E-state index in [4.69, 9.17) is 0 Å². The molecule has 3 nitrogen and oxygen atoms in total. The average molecular weight is 271 g/mol. The molecule has 108 valence electrons. The first-order valence-electron chi connectivity index (χ1n) is 7.64. The van der Waals surface area contributed by atoms with E-state index in [9.17, 15) is 0 Å². The second-order valence-corrected chi connectivity index (χ2v) is 6.02. The van der Waals surface area contributed by atoms with Gasteiger partial charge in [0.1, 0.15) is 0 Å². The van der Waals surface area contributed by atoms with E-state index in [0.29, 0.717) is 0 Å². The fourth-order valence-electron chi connectivity index (χ4n) is 3.25. The minimum absolute atomic E-state index is 1.08. The summed E-state index contributed by atoms with van der Waals surface area (Å²) in [5, 5.41) is 4.91. The van der Waals surface area contributed by atoms with Gasteiger partial charge in [-0.3, -0.25) is 4.90 Å². The van der Waals surface area contributed by atoms with Gasteiger partial charge in [-0.15, -0.1) is 0 Å². The van der Waals surface area contributed by atoms with Gasteiger partial charge in [0.15, 0.2) is 0 Å². The van der Waals surface area contributed by atoms with Crippen molar-refractivity contribution >= 4 is 10.9 Å². The molecule has 2 aromatic rings. The smallest absolute Gasteiger partial charge is 0.0483 e. The summed E-state index contributed by atoms with van der Waals surface area (Å²) in [7, 11) is 2.18. The van der Waals surface area contributed by atoms with Crippen LogP contribution in [0, 0.1) is 13.8 Å². The van der Waals surface area contributed by atoms with E-state index in [1.165, 1.54) is 40.7 Å². The quantitative estimate of drug-likeness (QED) is 0.906. The molecule has 0 radical (unpaired) electrons. The van der Waals surface area contributed by atoms with Gasteiger partial charge in [0.05, 0.1) is 0 Å². The lowest BCUT2D eigenvalue weighted by Gasteiger charge is -2.19. The Labute approximate surface area is 121 Å². The zero-order valence-corrected chi connectivity index (χ0v) is 12.9. The van der Waals surface area contributed by atoms with Crippen molar-refractivity contribution in [2.75, 3.05) is 26.2 Å². The van der Waals surface area contributed by atoms with Crippen molar-refractivity contribution < 1.29 is 0 Å². The second kappa shape index (κ2) is 5.58. The Morgan fingerprint density at radius 1 is 1.15 bits per heavy atom. The van der Waals surface area contributed by atoms with E-state index in [1.807, 2.05) is 0 Å². The summed E-state index contributed by atoms with van der Waals surface area (Å²) in [6.45, 7) is 10.1. The normalized spacial score (nSPS) is 17.6. The summed E-state index contributed by atoms with van der Waals surface area (Å²) in [5.41, 5.74) is 5.62. The molecule has 3 rings (SSSR count). The van der Waals surface area contributed by atoms with Crippen LogP contribution in [0.1, 0.15) is 23.2 Å². The van der Waals surface area contributed by atoms with Crippen LogP contribution >= 0.6 is 0 Å². The molecule has 1 aromatic heterocycles. The van der Waals surface area contributed by atoms with Crippen molar-refractivity contribution in [3.63, 3.8) is 0 Å². The Morgan fingerprint density at radius 2 is 2.00 bits per heavy atom. The molecule has 1 fully saturated rings. The van der Waals surface area contributed by atoms with Crippen molar-refractivity contribution in [1.82, 2.24) is 14.8 Å². The Bertz CT molecular complexity index is 604. The third kappa shape index (κ3) is 2.48. The molecule has 1 saturated heterocycles. The van der Waals surface area contributed by atoms with Crippen molar-refractivity contribution in [3.05, 3.63) is 35.0 Å². The van der Waals surface area contributed by atoms with Crippen LogP contribution in [0.4, 0.5) is 0 Å². The SMILES string of the molecule is Cc1ccc2c(c1)c(CN1CCCNCC1)c(C)n2C. The second-order valence-electron chi connectivity index (χ2n) is 6.02. The molecule has 3 heteroatoms. The Balaban J connectivity index is 1.97. The van der Waals surface area contributed by atoms with Gasteiger partial charge in [0.25, 0.3) is 0 Å². The lowest BCUT2D eigenvalue weighted by atomic mass is 10.1. The fraction of sp³-hybridized carbons (Fsp3) is 0.529. The Kier molecular flexibility index (Phi) is 3.81. The largest absolute Gasteiger partial charge is 0.348 e. The summed E-state index contributed by atoms with van der Waals surface area (Å²) in [6, 6.07) is 6.81. The van der Waals surface area contributed by atoms with Crippen molar-refractivity contribution in [3.8, 4) is 0 Å². The van der Waals surface area contributed by atoms with Gasteiger partial charge >= 0.3 is 0 Å². The predicted octanol–water partition coefficient (Wildman–Crippen LogP) is 2.59. The number of hydrogen-bond donors (Lipinski definition) is 1. The van der Waals surface area contributed by atoms with Gasteiger partial charge in [-0.05, 0) is 51.1 Å². The van der Waals surface area contributed by atoms with Gasteiger partial charge in [-0.25, -0.2) is 0 Å². The third-order valence-corrected chi connectivity index (χ3v) is 4.59. The van der Waals surface area contributed by atoms with Crippen LogP contribution < -0.4 is 5.32 Å². The topological polar surface area (TPSA) is 20.2 Å². The molecule has 0 saturated carbocycles. The number of fused-ring (bicyclic) bond motifs is 1. The molecule has 20 heavy (non-hydrogen) atoms. The van der Waals surface area contributed by atoms with Crippen LogP contribution in [0.15, 0.2) is 18.2 Å². The number of hydrogen-bond acceptors (Lipinski definition) is 2. The number of nitrogens with zero attached hydrogens (tertiary/aromatic N) is 2. The molecule has 0 aliphatic carbocycles. The number of nitrogens with one attached hydrogen (secondary N) is 1. The summed E-state index contributed by atoms with van der Waals surface area (Å²) in [5.74, 6) is 0. The minimum atomic E-state index is 1.08. The van der Waals surface area contributed by atoms with Gasteiger partial charge in [-0.2, -0.15) is 0 Å². The number of aromatic nitrogens is 1. The maximum atomic E-state index is 3.48. The number of benzene rings is 1. The van der Waals surface area contributed by atoms with E-state index >= 15 is 0 Å². The molecule has 0 spiro atoms. The highest BCUT2D eigenvalue weighted by molar-refractivity contribution is 5.86. The first-order valence-corrected chi connectivity index (χ1v) is 7.64. The maximum Gasteiger partial charge on any atom is 0.0483 e. The molecule has 1 aliphatic heterocycles. The Morgan fingerprint density at radius 3 is 2.85 bits per heavy atom. The van der Waals surface area contributed by atoms with Crippen LogP contribution in [0.5, 0.6) is 0 Å². The lowest BCUT2D eigenvalue weighted by molar-refractivity contribution is 0.284. The van der Waals surface area contributed by atoms with Crippen LogP contribution in [0.25, 0.3) is 10.9 Å². The summed E-state index contributed by atoms with van der Waals surface area (Å²) in [6.07, 6.45) is 1.25. The van der Waals surface area contributed by atoms with E-state index in [-0.39, 0.29) is 0 Å². The molecular weight excluding hydrogens is 246 g/mol. The number of rotatable bonds is 2. The number of aryl methyl sites for hydroxylation is 2.